The first-order valence-corrected chi connectivity index (χ1v) is 8.51. The van der Waals surface area contributed by atoms with Crippen molar-refractivity contribution in [3.8, 4) is 0 Å². The standard InChI is InChI=1S/C15H30N2OS/c1-11(2)14(7-8-16)5-6-15(18)17-9-12(3)19-13(4)10-17/h11-14H,5-10,16H2,1-4H3. The van der Waals surface area contributed by atoms with E-state index in [1.54, 1.807) is 0 Å². The van der Waals surface area contributed by atoms with E-state index in [9.17, 15) is 4.79 Å². The van der Waals surface area contributed by atoms with Gasteiger partial charge in [-0.15, -0.1) is 0 Å². The van der Waals surface area contributed by atoms with Crippen molar-refractivity contribution in [2.24, 2.45) is 17.6 Å². The molecule has 19 heavy (non-hydrogen) atoms. The average molecular weight is 286 g/mol. The minimum atomic E-state index is 0.335. The van der Waals surface area contributed by atoms with Crippen molar-refractivity contribution in [2.75, 3.05) is 19.6 Å². The van der Waals surface area contributed by atoms with Gasteiger partial charge >= 0.3 is 0 Å². The van der Waals surface area contributed by atoms with Crippen molar-refractivity contribution in [3.63, 3.8) is 0 Å². The molecule has 2 N–H and O–H groups in total. The molecular weight excluding hydrogens is 256 g/mol. The summed E-state index contributed by atoms with van der Waals surface area (Å²) >= 11 is 1.99. The van der Waals surface area contributed by atoms with Crippen LogP contribution in [0.25, 0.3) is 0 Å². The summed E-state index contributed by atoms with van der Waals surface area (Å²) < 4.78 is 0. The third kappa shape index (κ3) is 5.74. The molecule has 1 amide bonds. The third-order valence-corrected chi connectivity index (χ3v) is 5.21. The highest BCUT2D eigenvalue weighted by atomic mass is 32.2. The van der Waals surface area contributed by atoms with Crippen LogP contribution in [0.5, 0.6) is 0 Å². The van der Waals surface area contributed by atoms with Gasteiger partial charge in [-0.2, -0.15) is 11.8 Å². The van der Waals surface area contributed by atoms with Crippen LogP contribution in [0.4, 0.5) is 0 Å². The predicted octanol–water partition coefficient (Wildman–Crippen LogP) is 2.74. The molecular formula is C15H30N2OS. The molecule has 3 atom stereocenters. The molecule has 0 bridgehead atoms. The Morgan fingerprint density at radius 3 is 2.32 bits per heavy atom. The molecule has 1 aliphatic heterocycles. The van der Waals surface area contributed by atoms with Crippen LogP contribution in [-0.4, -0.2) is 40.9 Å². The van der Waals surface area contributed by atoms with E-state index in [2.05, 4.69) is 32.6 Å². The predicted molar refractivity (Wildman–Crippen MR) is 84.3 cm³/mol. The first kappa shape index (κ1) is 16.8. The van der Waals surface area contributed by atoms with Gasteiger partial charge in [-0.3, -0.25) is 4.79 Å². The molecule has 0 aromatic rings. The minimum absolute atomic E-state index is 0.335. The summed E-state index contributed by atoms with van der Waals surface area (Å²) in [6, 6.07) is 0. The van der Waals surface area contributed by atoms with Crippen LogP contribution in [0.1, 0.15) is 47.0 Å². The van der Waals surface area contributed by atoms with Crippen molar-refractivity contribution < 1.29 is 4.79 Å². The Morgan fingerprint density at radius 1 is 1.26 bits per heavy atom. The minimum Gasteiger partial charge on any atom is -0.341 e. The number of nitrogens with zero attached hydrogens (tertiary/aromatic N) is 1. The molecule has 0 spiro atoms. The van der Waals surface area contributed by atoms with E-state index in [0.29, 0.717) is 34.7 Å². The highest BCUT2D eigenvalue weighted by molar-refractivity contribution is 8.00. The molecule has 1 fully saturated rings. The van der Waals surface area contributed by atoms with Gasteiger partial charge in [0.15, 0.2) is 0 Å². The molecule has 1 heterocycles. The number of thioether (sulfide) groups is 1. The summed E-state index contributed by atoms with van der Waals surface area (Å²) in [5, 5.41) is 1.13. The zero-order valence-corrected chi connectivity index (χ0v) is 13.7. The summed E-state index contributed by atoms with van der Waals surface area (Å²) in [6.07, 6.45) is 2.71. The fraction of sp³-hybridized carbons (Fsp3) is 0.933. The van der Waals surface area contributed by atoms with Crippen LogP contribution < -0.4 is 5.73 Å². The first-order valence-electron chi connectivity index (χ1n) is 7.57. The second kappa shape index (κ2) is 8.15. The Kier molecular flexibility index (Phi) is 7.22. The zero-order chi connectivity index (χ0) is 14.4. The lowest BCUT2D eigenvalue weighted by Crippen LogP contribution is -2.44. The van der Waals surface area contributed by atoms with Crippen molar-refractivity contribution >= 4 is 17.7 Å². The molecule has 1 aliphatic rings. The van der Waals surface area contributed by atoms with Crippen LogP contribution in [0.3, 0.4) is 0 Å². The Hall–Kier alpha value is -0.220. The average Bonchev–Trinajstić information content (AvgIpc) is 2.32. The van der Waals surface area contributed by atoms with Gasteiger partial charge in [-0.05, 0) is 31.2 Å². The van der Waals surface area contributed by atoms with Crippen molar-refractivity contribution in [3.05, 3.63) is 0 Å². The molecule has 112 valence electrons. The van der Waals surface area contributed by atoms with E-state index in [1.807, 2.05) is 11.8 Å². The quantitative estimate of drug-likeness (QED) is 0.816. The summed E-state index contributed by atoms with van der Waals surface area (Å²) in [5.41, 5.74) is 5.65. The summed E-state index contributed by atoms with van der Waals surface area (Å²) in [6.45, 7) is 11.4. The maximum Gasteiger partial charge on any atom is 0.222 e. The maximum absolute atomic E-state index is 12.3. The molecule has 0 aromatic carbocycles. The fourth-order valence-corrected chi connectivity index (χ4v) is 4.20. The maximum atomic E-state index is 12.3. The van der Waals surface area contributed by atoms with Gasteiger partial charge in [0.1, 0.15) is 0 Å². The number of hydrogen-bond acceptors (Lipinski definition) is 3. The Labute approximate surface area is 122 Å². The van der Waals surface area contributed by atoms with Gasteiger partial charge in [0.05, 0.1) is 0 Å². The first-order chi connectivity index (χ1) is 8.93. The highest BCUT2D eigenvalue weighted by Crippen LogP contribution is 2.26. The van der Waals surface area contributed by atoms with E-state index in [-0.39, 0.29) is 0 Å². The van der Waals surface area contributed by atoms with Crippen molar-refractivity contribution in [1.82, 2.24) is 4.90 Å². The van der Waals surface area contributed by atoms with Crippen LogP contribution in [0, 0.1) is 11.8 Å². The number of carbonyl (C=O) groups excluding carboxylic acids is 1. The topological polar surface area (TPSA) is 46.3 Å². The van der Waals surface area contributed by atoms with Gasteiger partial charge in [0.25, 0.3) is 0 Å². The van der Waals surface area contributed by atoms with Crippen LogP contribution in [0.15, 0.2) is 0 Å². The summed E-state index contributed by atoms with van der Waals surface area (Å²) in [7, 11) is 0. The van der Waals surface area contributed by atoms with E-state index in [0.717, 1.165) is 32.5 Å². The number of amides is 1. The van der Waals surface area contributed by atoms with Crippen molar-refractivity contribution in [2.45, 2.75) is 57.5 Å². The molecule has 0 saturated carbocycles. The van der Waals surface area contributed by atoms with E-state index >= 15 is 0 Å². The molecule has 0 radical (unpaired) electrons. The summed E-state index contributed by atoms with van der Waals surface area (Å²) in [5.74, 6) is 1.54. The molecule has 0 aliphatic carbocycles. The lowest BCUT2D eigenvalue weighted by atomic mass is 9.88. The molecule has 3 unspecified atom stereocenters. The number of rotatable bonds is 6. The third-order valence-electron chi connectivity index (χ3n) is 3.98. The van der Waals surface area contributed by atoms with Crippen LogP contribution in [0.2, 0.25) is 0 Å². The van der Waals surface area contributed by atoms with E-state index < -0.39 is 0 Å². The van der Waals surface area contributed by atoms with Crippen LogP contribution >= 0.6 is 11.8 Å². The Balaban J connectivity index is 2.41. The molecule has 1 saturated heterocycles. The second-order valence-corrected chi connectivity index (χ2v) is 8.06. The number of carbonyl (C=O) groups is 1. The Morgan fingerprint density at radius 2 is 1.84 bits per heavy atom. The Bertz CT molecular complexity index is 273. The smallest absolute Gasteiger partial charge is 0.222 e. The van der Waals surface area contributed by atoms with Gasteiger partial charge in [-0.1, -0.05) is 27.7 Å². The molecule has 4 heteroatoms. The number of nitrogens with two attached hydrogens (primary N) is 1. The van der Waals surface area contributed by atoms with Crippen molar-refractivity contribution in [1.29, 1.82) is 0 Å². The normalized spacial score (nSPS) is 25.7. The summed E-state index contributed by atoms with van der Waals surface area (Å²) in [4.78, 5) is 14.4. The van der Waals surface area contributed by atoms with E-state index in [4.69, 9.17) is 5.73 Å². The van der Waals surface area contributed by atoms with Gasteiger partial charge in [0.2, 0.25) is 5.91 Å². The van der Waals surface area contributed by atoms with Gasteiger partial charge in [-0.25, -0.2) is 0 Å². The lowest BCUT2D eigenvalue weighted by molar-refractivity contribution is -0.131. The largest absolute Gasteiger partial charge is 0.341 e. The fourth-order valence-electron chi connectivity index (χ4n) is 2.87. The molecule has 0 aromatic heterocycles. The molecule has 1 rings (SSSR count). The lowest BCUT2D eigenvalue weighted by Gasteiger charge is -2.35. The SMILES string of the molecule is CC1CN(C(=O)CCC(CCN)C(C)C)CC(C)S1. The van der Waals surface area contributed by atoms with E-state index in [1.165, 1.54) is 0 Å². The van der Waals surface area contributed by atoms with Crippen LogP contribution in [-0.2, 0) is 4.79 Å². The van der Waals surface area contributed by atoms with Gasteiger partial charge in [0, 0.05) is 30.0 Å². The second-order valence-electron chi connectivity index (χ2n) is 6.18. The van der Waals surface area contributed by atoms with Gasteiger partial charge < -0.3 is 10.6 Å². The number of hydrogen-bond donors (Lipinski definition) is 1. The molecule has 3 nitrogen and oxygen atoms in total. The monoisotopic (exact) mass is 286 g/mol. The highest BCUT2D eigenvalue weighted by Gasteiger charge is 2.26. The zero-order valence-electron chi connectivity index (χ0n) is 12.9.